The Morgan fingerprint density at radius 1 is 1.20 bits per heavy atom. The smallest absolute Gasteiger partial charge is 0.221 e. The van der Waals surface area contributed by atoms with Crippen molar-refractivity contribution in [1.82, 2.24) is 10.6 Å². The molecule has 1 rings (SSSR count). The van der Waals surface area contributed by atoms with Crippen molar-refractivity contribution >= 4 is 29.1 Å². The molecule has 0 aliphatic rings. The highest BCUT2D eigenvalue weighted by molar-refractivity contribution is 6.35. The Morgan fingerprint density at radius 3 is 2.70 bits per heavy atom. The van der Waals surface area contributed by atoms with Gasteiger partial charge in [-0.15, -0.1) is 0 Å². The second-order valence-electron chi connectivity index (χ2n) is 4.69. The summed E-state index contributed by atoms with van der Waals surface area (Å²) < 4.78 is 0. The Bertz CT molecular complexity index is 424. The number of benzene rings is 1. The van der Waals surface area contributed by atoms with Crippen LogP contribution < -0.4 is 10.6 Å². The summed E-state index contributed by atoms with van der Waals surface area (Å²) in [5.41, 5.74) is 0.998. The van der Waals surface area contributed by atoms with Crippen molar-refractivity contribution in [2.45, 2.75) is 32.6 Å². The van der Waals surface area contributed by atoms with Crippen LogP contribution >= 0.6 is 23.2 Å². The molecule has 20 heavy (non-hydrogen) atoms. The van der Waals surface area contributed by atoms with Crippen LogP contribution in [0.3, 0.4) is 0 Å². The molecule has 5 heteroatoms. The van der Waals surface area contributed by atoms with E-state index < -0.39 is 0 Å². The maximum Gasteiger partial charge on any atom is 0.221 e. The highest BCUT2D eigenvalue weighted by Gasteiger charge is 2.03. The number of hydrogen-bond donors (Lipinski definition) is 2. The molecule has 0 fully saturated rings. The van der Waals surface area contributed by atoms with Crippen LogP contribution in [0.1, 0.15) is 31.7 Å². The van der Waals surface area contributed by atoms with Gasteiger partial charge in [-0.25, -0.2) is 0 Å². The first-order valence-electron chi connectivity index (χ1n) is 7.04. The number of carbonyl (C=O) groups is 1. The fourth-order valence-electron chi connectivity index (χ4n) is 1.78. The molecule has 0 bridgehead atoms. The lowest BCUT2D eigenvalue weighted by atomic mass is 10.1. The average molecular weight is 317 g/mol. The molecule has 0 spiro atoms. The molecule has 0 unspecified atom stereocenters. The lowest BCUT2D eigenvalue weighted by molar-refractivity contribution is -0.120. The highest BCUT2D eigenvalue weighted by Crippen LogP contribution is 2.20. The quantitative estimate of drug-likeness (QED) is 0.685. The highest BCUT2D eigenvalue weighted by atomic mass is 35.5. The van der Waals surface area contributed by atoms with Gasteiger partial charge >= 0.3 is 0 Å². The first kappa shape index (κ1) is 17.3. The first-order chi connectivity index (χ1) is 9.63. The Labute approximate surface area is 131 Å². The monoisotopic (exact) mass is 316 g/mol. The van der Waals surface area contributed by atoms with E-state index >= 15 is 0 Å². The lowest BCUT2D eigenvalue weighted by Crippen LogP contribution is -2.29. The molecule has 0 aliphatic heterocycles. The number of unbranched alkanes of at least 4 members (excludes halogenated alkanes) is 1. The van der Waals surface area contributed by atoms with E-state index in [4.69, 9.17) is 23.2 Å². The molecule has 1 amide bonds. The predicted octanol–water partition coefficient (Wildman–Crippen LogP) is 3.43. The van der Waals surface area contributed by atoms with Crippen molar-refractivity contribution in [3.8, 4) is 0 Å². The van der Waals surface area contributed by atoms with E-state index in [1.807, 2.05) is 12.1 Å². The zero-order valence-corrected chi connectivity index (χ0v) is 13.4. The summed E-state index contributed by atoms with van der Waals surface area (Å²) in [4.78, 5) is 11.6. The molecule has 0 heterocycles. The molecule has 1 aromatic rings. The summed E-state index contributed by atoms with van der Waals surface area (Å²) >= 11 is 11.9. The van der Waals surface area contributed by atoms with E-state index in [-0.39, 0.29) is 5.91 Å². The van der Waals surface area contributed by atoms with E-state index in [9.17, 15) is 4.79 Å². The van der Waals surface area contributed by atoms with Gasteiger partial charge in [0.25, 0.3) is 0 Å². The van der Waals surface area contributed by atoms with Crippen molar-refractivity contribution < 1.29 is 4.79 Å². The van der Waals surface area contributed by atoms with Gasteiger partial charge in [0, 0.05) is 29.6 Å². The minimum absolute atomic E-state index is 0.0686. The second-order valence-corrected chi connectivity index (χ2v) is 5.53. The summed E-state index contributed by atoms with van der Waals surface area (Å²) in [6.07, 6.45) is 3.54. The number of carbonyl (C=O) groups excluding carboxylic acids is 1. The van der Waals surface area contributed by atoms with Gasteiger partial charge in [-0.05, 0) is 37.1 Å². The zero-order valence-electron chi connectivity index (χ0n) is 11.8. The number of amides is 1. The largest absolute Gasteiger partial charge is 0.356 e. The molecule has 0 aliphatic carbocycles. The van der Waals surface area contributed by atoms with E-state index in [0.29, 0.717) is 29.4 Å². The van der Waals surface area contributed by atoms with Crippen LogP contribution in [-0.4, -0.2) is 25.5 Å². The Hall–Kier alpha value is -0.770. The maximum atomic E-state index is 11.6. The van der Waals surface area contributed by atoms with Gasteiger partial charge in [-0.1, -0.05) is 42.6 Å². The maximum absolute atomic E-state index is 11.6. The predicted molar refractivity (Wildman–Crippen MR) is 85.6 cm³/mol. The molecular weight excluding hydrogens is 295 g/mol. The zero-order chi connectivity index (χ0) is 14.8. The van der Waals surface area contributed by atoms with Crippen LogP contribution in [0.4, 0.5) is 0 Å². The first-order valence-corrected chi connectivity index (χ1v) is 7.80. The standard InChI is InChI=1S/C15H22Cl2N2O/c1-2-3-8-18-9-7-15(20)19-10-6-12-4-5-13(16)11-14(12)17/h4-5,11,18H,2-3,6-10H2,1H3,(H,19,20). The minimum atomic E-state index is 0.0686. The Balaban J connectivity index is 2.15. The van der Waals surface area contributed by atoms with Gasteiger partial charge in [0.1, 0.15) is 0 Å². The van der Waals surface area contributed by atoms with Crippen LogP contribution in [0.5, 0.6) is 0 Å². The van der Waals surface area contributed by atoms with E-state index in [1.54, 1.807) is 6.07 Å². The van der Waals surface area contributed by atoms with Crippen LogP contribution in [0.25, 0.3) is 0 Å². The van der Waals surface area contributed by atoms with Gasteiger partial charge < -0.3 is 10.6 Å². The normalized spacial score (nSPS) is 10.6. The Morgan fingerprint density at radius 2 is 2.00 bits per heavy atom. The number of nitrogens with one attached hydrogen (secondary N) is 2. The third-order valence-corrected chi connectivity index (χ3v) is 3.55. The van der Waals surface area contributed by atoms with E-state index in [0.717, 1.165) is 25.1 Å². The summed E-state index contributed by atoms with van der Waals surface area (Å²) in [6.45, 7) is 4.45. The van der Waals surface area contributed by atoms with Crippen molar-refractivity contribution in [3.63, 3.8) is 0 Å². The topological polar surface area (TPSA) is 41.1 Å². The molecule has 0 saturated carbocycles. The number of hydrogen-bond acceptors (Lipinski definition) is 2. The van der Waals surface area contributed by atoms with Crippen molar-refractivity contribution in [2.24, 2.45) is 0 Å². The third kappa shape index (κ3) is 7.13. The van der Waals surface area contributed by atoms with Crippen LogP contribution in [-0.2, 0) is 11.2 Å². The number of rotatable bonds is 9. The SMILES string of the molecule is CCCCNCCC(=O)NCCc1ccc(Cl)cc1Cl. The van der Waals surface area contributed by atoms with Gasteiger partial charge in [0.15, 0.2) is 0 Å². The van der Waals surface area contributed by atoms with Crippen LogP contribution in [0.2, 0.25) is 10.0 Å². The van der Waals surface area contributed by atoms with E-state index in [1.165, 1.54) is 6.42 Å². The molecule has 0 aromatic heterocycles. The average Bonchev–Trinajstić information content (AvgIpc) is 2.41. The molecule has 0 radical (unpaired) electrons. The van der Waals surface area contributed by atoms with Crippen molar-refractivity contribution in [3.05, 3.63) is 33.8 Å². The molecule has 112 valence electrons. The molecule has 0 atom stereocenters. The molecule has 0 saturated heterocycles. The Kier molecular flexibility index (Phi) is 8.67. The molecule has 3 nitrogen and oxygen atoms in total. The number of halogens is 2. The molecular formula is C15H22Cl2N2O. The van der Waals surface area contributed by atoms with E-state index in [2.05, 4.69) is 17.6 Å². The van der Waals surface area contributed by atoms with Crippen molar-refractivity contribution in [1.29, 1.82) is 0 Å². The second kappa shape index (κ2) is 10.0. The molecule has 2 N–H and O–H groups in total. The van der Waals surface area contributed by atoms with Gasteiger partial charge in [0.05, 0.1) is 0 Å². The van der Waals surface area contributed by atoms with Crippen LogP contribution in [0, 0.1) is 0 Å². The van der Waals surface area contributed by atoms with Gasteiger partial charge in [-0.2, -0.15) is 0 Å². The van der Waals surface area contributed by atoms with Crippen molar-refractivity contribution in [2.75, 3.05) is 19.6 Å². The fraction of sp³-hybridized carbons (Fsp3) is 0.533. The van der Waals surface area contributed by atoms with Gasteiger partial charge in [0.2, 0.25) is 5.91 Å². The third-order valence-electron chi connectivity index (χ3n) is 2.97. The molecule has 1 aromatic carbocycles. The summed E-state index contributed by atoms with van der Waals surface area (Å²) in [6, 6.07) is 5.42. The minimum Gasteiger partial charge on any atom is -0.356 e. The lowest BCUT2D eigenvalue weighted by Gasteiger charge is -2.07. The summed E-state index contributed by atoms with van der Waals surface area (Å²) in [5, 5.41) is 7.41. The van der Waals surface area contributed by atoms with Crippen LogP contribution in [0.15, 0.2) is 18.2 Å². The van der Waals surface area contributed by atoms with Gasteiger partial charge in [-0.3, -0.25) is 4.79 Å². The fourth-order valence-corrected chi connectivity index (χ4v) is 2.28. The summed E-state index contributed by atoms with van der Waals surface area (Å²) in [7, 11) is 0. The summed E-state index contributed by atoms with van der Waals surface area (Å²) in [5.74, 6) is 0.0686.